The van der Waals surface area contributed by atoms with Gasteiger partial charge < -0.3 is 0 Å². The van der Waals surface area contributed by atoms with Crippen LogP contribution in [0, 0.1) is 0 Å². The lowest BCUT2D eigenvalue weighted by Gasteiger charge is -2.08. The third-order valence-corrected chi connectivity index (χ3v) is 4.87. The fourth-order valence-electron chi connectivity index (χ4n) is 3.50. The molecule has 1 aliphatic heterocycles. The highest BCUT2D eigenvalue weighted by atomic mass is 35.5. The molecule has 0 fully saturated rings. The van der Waals surface area contributed by atoms with Gasteiger partial charge in [0.15, 0.2) is 5.65 Å². The molecule has 0 unspecified atom stereocenters. The average Bonchev–Trinajstić information content (AvgIpc) is 3.30. The predicted octanol–water partition coefficient (Wildman–Crippen LogP) is 3.86. The van der Waals surface area contributed by atoms with Gasteiger partial charge in [-0.05, 0) is 31.0 Å². The molecule has 3 aromatic heterocycles. The van der Waals surface area contributed by atoms with Crippen molar-refractivity contribution >= 4 is 17.2 Å². The quantitative estimate of drug-likeness (QED) is 0.559. The van der Waals surface area contributed by atoms with Crippen LogP contribution >= 0.6 is 11.6 Å². The Morgan fingerprint density at radius 3 is 2.83 bits per heavy atom. The summed E-state index contributed by atoms with van der Waals surface area (Å²) in [6.45, 7) is 0.947. The molecule has 0 bridgehead atoms. The molecule has 118 valence electrons. The SMILES string of the molecule is Clc1ccccc1-c1nn2c(c1-c1cccn3ncnc13)CCC2. The molecular weight excluding hydrogens is 322 g/mol. The van der Waals surface area contributed by atoms with Crippen LogP contribution in [0.15, 0.2) is 48.9 Å². The van der Waals surface area contributed by atoms with Crippen LogP contribution in [0.3, 0.4) is 0 Å². The van der Waals surface area contributed by atoms with Crippen LogP contribution < -0.4 is 0 Å². The number of nitrogens with zero attached hydrogens (tertiary/aromatic N) is 5. The minimum Gasteiger partial charge on any atom is -0.268 e. The molecular formula is C18H14ClN5. The van der Waals surface area contributed by atoms with Gasteiger partial charge in [0.05, 0.1) is 5.02 Å². The van der Waals surface area contributed by atoms with Gasteiger partial charge in [-0.1, -0.05) is 29.8 Å². The zero-order chi connectivity index (χ0) is 16.1. The minimum atomic E-state index is 0.712. The summed E-state index contributed by atoms with van der Waals surface area (Å²) in [4.78, 5) is 4.44. The second-order valence-corrected chi connectivity index (χ2v) is 6.33. The van der Waals surface area contributed by atoms with Crippen molar-refractivity contribution < 1.29 is 0 Å². The Bertz CT molecular complexity index is 1060. The topological polar surface area (TPSA) is 48.0 Å². The van der Waals surface area contributed by atoms with Gasteiger partial charge in [0.2, 0.25) is 0 Å². The van der Waals surface area contributed by atoms with Gasteiger partial charge in [-0.15, -0.1) is 0 Å². The Balaban J connectivity index is 1.85. The van der Waals surface area contributed by atoms with E-state index in [1.165, 1.54) is 5.69 Å². The smallest absolute Gasteiger partial charge is 0.163 e. The fourth-order valence-corrected chi connectivity index (χ4v) is 3.72. The fraction of sp³-hybridized carbons (Fsp3) is 0.167. The first kappa shape index (κ1) is 13.7. The number of aryl methyl sites for hydroxylation is 1. The summed E-state index contributed by atoms with van der Waals surface area (Å²) in [5, 5.41) is 9.83. The van der Waals surface area contributed by atoms with Gasteiger partial charge in [0.25, 0.3) is 0 Å². The molecule has 24 heavy (non-hydrogen) atoms. The molecule has 5 rings (SSSR count). The van der Waals surface area contributed by atoms with Crippen LogP contribution in [0.1, 0.15) is 12.1 Å². The number of halogens is 1. The maximum atomic E-state index is 6.46. The summed E-state index contributed by atoms with van der Waals surface area (Å²) >= 11 is 6.46. The van der Waals surface area contributed by atoms with Crippen molar-refractivity contribution in [2.75, 3.05) is 0 Å². The van der Waals surface area contributed by atoms with E-state index >= 15 is 0 Å². The number of benzene rings is 1. The van der Waals surface area contributed by atoms with Crippen LogP contribution in [0.25, 0.3) is 28.0 Å². The van der Waals surface area contributed by atoms with E-state index < -0.39 is 0 Å². The summed E-state index contributed by atoms with van der Waals surface area (Å²) in [5.74, 6) is 0. The third kappa shape index (κ3) is 1.91. The van der Waals surface area contributed by atoms with E-state index in [9.17, 15) is 0 Å². The van der Waals surface area contributed by atoms with Crippen molar-refractivity contribution in [1.82, 2.24) is 24.4 Å². The van der Waals surface area contributed by atoms with E-state index in [2.05, 4.69) is 20.8 Å². The summed E-state index contributed by atoms with van der Waals surface area (Å²) < 4.78 is 3.90. The highest BCUT2D eigenvalue weighted by molar-refractivity contribution is 6.33. The number of rotatable bonds is 2. The average molecular weight is 336 g/mol. The molecule has 0 atom stereocenters. The number of hydrogen-bond acceptors (Lipinski definition) is 3. The van der Waals surface area contributed by atoms with E-state index in [1.54, 1.807) is 10.8 Å². The van der Waals surface area contributed by atoms with E-state index in [-0.39, 0.29) is 0 Å². The molecule has 4 aromatic rings. The van der Waals surface area contributed by atoms with Crippen molar-refractivity contribution in [2.45, 2.75) is 19.4 Å². The van der Waals surface area contributed by atoms with Gasteiger partial charge in [-0.25, -0.2) is 9.50 Å². The van der Waals surface area contributed by atoms with Crippen LogP contribution in [0.2, 0.25) is 5.02 Å². The summed E-state index contributed by atoms with van der Waals surface area (Å²) in [7, 11) is 0. The lowest BCUT2D eigenvalue weighted by atomic mass is 9.98. The molecule has 0 amide bonds. The van der Waals surface area contributed by atoms with Crippen LogP contribution in [0.5, 0.6) is 0 Å². The minimum absolute atomic E-state index is 0.712. The first-order chi connectivity index (χ1) is 11.8. The highest BCUT2D eigenvalue weighted by Crippen LogP contribution is 2.40. The summed E-state index contributed by atoms with van der Waals surface area (Å²) in [6.07, 6.45) is 5.62. The third-order valence-electron chi connectivity index (χ3n) is 4.54. The van der Waals surface area contributed by atoms with Gasteiger partial charge in [0, 0.05) is 35.1 Å². The normalized spacial score (nSPS) is 13.5. The Kier molecular flexibility index (Phi) is 2.97. The van der Waals surface area contributed by atoms with Crippen LogP contribution in [0.4, 0.5) is 0 Å². The molecule has 6 heteroatoms. The van der Waals surface area contributed by atoms with Gasteiger partial charge in [-0.3, -0.25) is 4.68 Å². The molecule has 1 aliphatic rings. The van der Waals surface area contributed by atoms with Crippen LogP contribution in [-0.4, -0.2) is 24.4 Å². The number of hydrogen-bond donors (Lipinski definition) is 0. The van der Waals surface area contributed by atoms with Gasteiger partial charge in [-0.2, -0.15) is 10.2 Å². The second kappa shape index (κ2) is 5.18. The number of fused-ring (bicyclic) bond motifs is 2. The van der Waals surface area contributed by atoms with E-state index in [4.69, 9.17) is 16.7 Å². The van der Waals surface area contributed by atoms with Gasteiger partial charge in [0.1, 0.15) is 12.0 Å². The Hall–Kier alpha value is -2.66. The van der Waals surface area contributed by atoms with Crippen molar-refractivity contribution in [1.29, 1.82) is 0 Å². The van der Waals surface area contributed by atoms with Crippen molar-refractivity contribution in [3.8, 4) is 22.4 Å². The van der Waals surface area contributed by atoms with E-state index in [0.717, 1.165) is 47.4 Å². The molecule has 0 N–H and O–H groups in total. The largest absolute Gasteiger partial charge is 0.268 e. The maximum absolute atomic E-state index is 6.46. The van der Waals surface area contributed by atoms with Crippen molar-refractivity contribution in [3.63, 3.8) is 0 Å². The molecule has 0 aliphatic carbocycles. The summed E-state index contributed by atoms with van der Waals surface area (Å²) in [6, 6.07) is 11.9. The zero-order valence-corrected chi connectivity index (χ0v) is 13.6. The van der Waals surface area contributed by atoms with E-state index in [0.29, 0.717) is 5.02 Å². The highest BCUT2D eigenvalue weighted by Gasteiger charge is 2.26. The Morgan fingerprint density at radius 2 is 1.92 bits per heavy atom. The van der Waals surface area contributed by atoms with Crippen molar-refractivity contribution in [3.05, 3.63) is 59.6 Å². The number of aromatic nitrogens is 5. The first-order valence-electron chi connectivity index (χ1n) is 7.96. The van der Waals surface area contributed by atoms with Crippen LogP contribution in [-0.2, 0) is 13.0 Å². The molecule has 1 aromatic carbocycles. The Labute approximate surface area is 143 Å². The number of pyridine rings is 1. The molecule has 4 heterocycles. The Morgan fingerprint density at radius 1 is 1.04 bits per heavy atom. The zero-order valence-electron chi connectivity index (χ0n) is 12.9. The monoisotopic (exact) mass is 335 g/mol. The molecule has 5 nitrogen and oxygen atoms in total. The van der Waals surface area contributed by atoms with Crippen molar-refractivity contribution in [2.24, 2.45) is 0 Å². The lowest BCUT2D eigenvalue weighted by molar-refractivity contribution is 0.659. The molecule has 0 saturated heterocycles. The lowest BCUT2D eigenvalue weighted by Crippen LogP contribution is -1.94. The van der Waals surface area contributed by atoms with Gasteiger partial charge >= 0.3 is 0 Å². The first-order valence-corrected chi connectivity index (χ1v) is 8.34. The summed E-state index contributed by atoms with van der Waals surface area (Å²) in [5.41, 5.74) is 6.14. The van der Waals surface area contributed by atoms with E-state index in [1.807, 2.05) is 36.5 Å². The molecule has 0 radical (unpaired) electrons. The molecule has 0 spiro atoms. The maximum Gasteiger partial charge on any atom is 0.163 e. The second-order valence-electron chi connectivity index (χ2n) is 5.93. The molecule has 0 saturated carbocycles. The standard InChI is InChI=1S/C18H14ClN5/c19-14-7-2-1-5-12(14)17-16(15-8-4-9-23(15)22-17)13-6-3-10-24-18(13)20-11-21-24/h1-3,5-7,10-11H,4,8-9H2. The predicted molar refractivity (Wildman–Crippen MR) is 93.0 cm³/mol.